The fourth-order valence-electron chi connectivity index (χ4n) is 6.14. The van der Waals surface area contributed by atoms with Gasteiger partial charge in [-0.3, -0.25) is 4.79 Å². The Hall–Kier alpha value is -0.910. The lowest BCUT2D eigenvalue weighted by Gasteiger charge is -2.60. The van der Waals surface area contributed by atoms with Crippen LogP contribution < -0.4 is 0 Å². The first-order chi connectivity index (χ1) is 11.6. The zero-order chi connectivity index (χ0) is 18.6. The van der Waals surface area contributed by atoms with Crippen LogP contribution in [0.4, 0.5) is 0 Å². The third-order valence-corrected chi connectivity index (χ3v) is 8.08. The van der Waals surface area contributed by atoms with Crippen molar-refractivity contribution >= 4 is 5.97 Å². The number of carboxylic acid groups (broad SMARTS) is 1. The van der Waals surface area contributed by atoms with Gasteiger partial charge in [0.1, 0.15) is 0 Å². The lowest BCUT2D eigenvalue weighted by atomic mass is 9.44. The maximum absolute atomic E-state index is 12.0. The topological polar surface area (TPSA) is 98.0 Å². The summed E-state index contributed by atoms with van der Waals surface area (Å²) in [6.07, 6.45) is 5.14. The molecule has 3 aliphatic carbocycles. The van der Waals surface area contributed by atoms with Gasteiger partial charge in [0, 0.05) is 0 Å². The van der Waals surface area contributed by atoms with Crippen LogP contribution in [0, 0.1) is 28.1 Å². The molecule has 0 aromatic rings. The summed E-state index contributed by atoms with van der Waals surface area (Å²) in [5.74, 6) is -0.678. The number of aliphatic hydroxyl groups is 3. The Morgan fingerprint density at radius 1 is 1.28 bits per heavy atom. The Balaban J connectivity index is 1.95. The van der Waals surface area contributed by atoms with E-state index in [9.17, 15) is 25.2 Å². The molecule has 0 heterocycles. The van der Waals surface area contributed by atoms with Crippen molar-refractivity contribution in [3.63, 3.8) is 0 Å². The minimum atomic E-state index is -1.11. The van der Waals surface area contributed by atoms with Gasteiger partial charge in [0.2, 0.25) is 0 Å². The van der Waals surface area contributed by atoms with E-state index in [0.717, 1.165) is 25.7 Å². The average Bonchev–Trinajstić information content (AvgIpc) is 2.57. The Kier molecular flexibility index (Phi) is 4.58. The summed E-state index contributed by atoms with van der Waals surface area (Å²) in [6, 6.07) is 0. The van der Waals surface area contributed by atoms with Crippen molar-refractivity contribution in [1.82, 2.24) is 0 Å². The molecule has 142 valence electrons. The van der Waals surface area contributed by atoms with Gasteiger partial charge in [-0.15, -0.1) is 0 Å². The van der Waals surface area contributed by atoms with Crippen LogP contribution >= 0.6 is 0 Å². The molecule has 0 aromatic carbocycles. The van der Waals surface area contributed by atoms with Crippen molar-refractivity contribution in [3.05, 3.63) is 11.6 Å². The van der Waals surface area contributed by atoms with Gasteiger partial charge in [-0.25, -0.2) is 0 Å². The van der Waals surface area contributed by atoms with Crippen LogP contribution in [-0.2, 0) is 4.79 Å². The van der Waals surface area contributed by atoms with Crippen LogP contribution in [0.2, 0.25) is 0 Å². The number of allylic oxidation sites excluding steroid dienone is 2. The third kappa shape index (κ3) is 2.58. The number of rotatable bonds is 3. The smallest absolute Gasteiger partial charge is 0.312 e. The van der Waals surface area contributed by atoms with Gasteiger partial charge < -0.3 is 20.4 Å². The molecule has 0 aliphatic heterocycles. The van der Waals surface area contributed by atoms with E-state index in [1.54, 1.807) is 6.92 Å². The second-order valence-corrected chi connectivity index (χ2v) is 9.34. The standard InChI is InChI=1S/C20H32O5/c1-18(16(23)11-21)8-6-13-12(10-18)4-5-14-19(13,2)9-7-15(22)20(14,3)17(24)25/h4,13-16,21-23H,5-11H2,1-3H3,(H,24,25). The van der Waals surface area contributed by atoms with E-state index in [1.165, 1.54) is 5.57 Å². The maximum atomic E-state index is 12.0. The zero-order valence-corrected chi connectivity index (χ0v) is 15.5. The summed E-state index contributed by atoms with van der Waals surface area (Å²) < 4.78 is 0. The summed E-state index contributed by atoms with van der Waals surface area (Å²) in [5, 5.41) is 40.0. The van der Waals surface area contributed by atoms with E-state index in [4.69, 9.17) is 0 Å². The van der Waals surface area contributed by atoms with Gasteiger partial charge in [-0.2, -0.15) is 0 Å². The van der Waals surface area contributed by atoms with E-state index in [2.05, 4.69) is 13.0 Å². The molecule has 0 radical (unpaired) electrons. The summed E-state index contributed by atoms with van der Waals surface area (Å²) in [4.78, 5) is 12.0. The quantitative estimate of drug-likeness (QED) is 0.585. The normalized spacial score (nSPS) is 48.1. The molecule has 3 rings (SSSR count). The molecular formula is C20H32O5. The van der Waals surface area contributed by atoms with Gasteiger partial charge in [-0.05, 0) is 68.1 Å². The molecule has 2 saturated carbocycles. The maximum Gasteiger partial charge on any atom is 0.312 e. The van der Waals surface area contributed by atoms with Crippen LogP contribution in [0.1, 0.15) is 59.3 Å². The Morgan fingerprint density at radius 3 is 2.56 bits per heavy atom. The minimum Gasteiger partial charge on any atom is -0.481 e. The Morgan fingerprint density at radius 2 is 1.96 bits per heavy atom. The van der Waals surface area contributed by atoms with Gasteiger partial charge >= 0.3 is 5.97 Å². The highest BCUT2D eigenvalue weighted by molar-refractivity contribution is 5.76. The second-order valence-electron chi connectivity index (χ2n) is 9.34. The SMILES string of the molecule is CC1(C(O)CO)CCC2C(=CCC3C2(C)CCC(O)C3(C)C(=O)O)C1. The molecule has 0 aromatic heterocycles. The molecule has 0 amide bonds. The molecule has 2 fully saturated rings. The lowest BCUT2D eigenvalue weighted by molar-refractivity contribution is -0.182. The molecule has 7 unspecified atom stereocenters. The average molecular weight is 352 g/mol. The summed E-state index contributed by atoms with van der Waals surface area (Å²) >= 11 is 0. The lowest BCUT2D eigenvalue weighted by Crippen LogP contribution is -2.59. The molecule has 7 atom stereocenters. The van der Waals surface area contributed by atoms with Crippen molar-refractivity contribution < 1.29 is 25.2 Å². The summed E-state index contributed by atoms with van der Waals surface area (Å²) in [7, 11) is 0. The minimum absolute atomic E-state index is 0.0814. The van der Waals surface area contributed by atoms with E-state index in [-0.39, 0.29) is 23.4 Å². The summed E-state index contributed by atoms with van der Waals surface area (Å²) in [6.45, 7) is 5.72. The molecule has 5 heteroatoms. The number of carbonyl (C=O) groups is 1. The van der Waals surface area contributed by atoms with E-state index < -0.39 is 23.6 Å². The number of carboxylic acids is 1. The van der Waals surface area contributed by atoms with Gasteiger partial charge in [0.05, 0.1) is 24.2 Å². The highest BCUT2D eigenvalue weighted by Gasteiger charge is 2.61. The predicted molar refractivity (Wildman–Crippen MR) is 93.8 cm³/mol. The highest BCUT2D eigenvalue weighted by atomic mass is 16.4. The second kappa shape index (κ2) is 6.07. The van der Waals surface area contributed by atoms with E-state index in [1.807, 2.05) is 6.92 Å². The van der Waals surface area contributed by atoms with Crippen LogP contribution in [-0.4, -0.2) is 45.2 Å². The predicted octanol–water partition coefficient (Wildman–Crippen LogP) is 2.34. The number of aliphatic hydroxyl groups excluding tert-OH is 3. The third-order valence-electron chi connectivity index (χ3n) is 8.08. The largest absolute Gasteiger partial charge is 0.481 e. The number of hydrogen-bond acceptors (Lipinski definition) is 4. The fourth-order valence-corrected chi connectivity index (χ4v) is 6.14. The summed E-state index contributed by atoms with van der Waals surface area (Å²) in [5.41, 5.74) is -0.253. The van der Waals surface area contributed by atoms with Crippen molar-refractivity contribution in [1.29, 1.82) is 0 Å². The molecule has 25 heavy (non-hydrogen) atoms. The number of hydrogen-bond donors (Lipinski definition) is 4. The first-order valence-electron chi connectivity index (χ1n) is 9.49. The van der Waals surface area contributed by atoms with Crippen molar-refractivity contribution in [2.45, 2.75) is 71.5 Å². The molecular weight excluding hydrogens is 320 g/mol. The van der Waals surface area contributed by atoms with Crippen LogP contribution in [0.3, 0.4) is 0 Å². The fraction of sp³-hybridized carbons (Fsp3) is 0.850. The zero-order valence-electron chi connectivity index (χ0n) is 15.5. The first kappa shape index (κ1) is 18.9. The van der Waals surface area contributed by atoms with Gasteiger partial charge in [-0.1, -0.05) is 25.5 Å². The van der Waals surface area contributed by atoms with E-state index >= 15 is 0 Å². The van der Waals surface area contributed by atoms with Crippen molar-refractivity contribution in [2.24, 2.45) is 28.1 Å². The van der Waals surface area contributed by atoms with Crippen molar-refractivity contribution in [2.75, 3.05) is 6.61 Å². The number of fused-ring (bicyclic) bond motifs is 3. The molecule has 0 bridgehead atoms. The molecule has 4 N–H and O–H groups in total. The molecule has 3 aliphatic rings. The van der Waals surface area contributed by atoms with Crippen molar-refractivity contribution in [3.8, 4) is 0 Å². The van der Waals surface area contributed by atoms with E-state index in [0.29, 0.717) is 18.8 Å². The van der Waals surface area contributed by atoms with Gasteiger partial charge in [0.25, 0.3) is 0 Å². The molecule has 0 saturated heterocycles. The van der Waals surface area contributed by atoms with Gasteiger partial charge in [0.15, 0.2) is 0 Å². The van der Waals surface area contributed by atoms with Crippen LogP contribution in [0.25, 0.3) is 0 Å². The highest BCUT2D eigenvalue weighted by Crippen LogP contribution is 2.63. The van der Waals surface area contributed by atoms with Crippen LogP contribution in [0.5, 0.6) is 0 Å². The van der Waals surface area contributed by atoms with Crippen LogP contribution in [0.15, 0.2) is 11.6 Å². The first-order valence-corrected chi connectivity index (χ1v) is 9.49. The monoisotopic (exact) mass is 352 g/mol. The number of aliphatic carboxylic acids is 1. The Bertz CT molecular complexity index is 587. The Labute approximate surface area is 149 Å². The molecule has 5 nitrogen and oxygen atoms in total. The molecule has 0 spiro atoms.